The molecule has 0 spiro atoms. The van der Waals surface area contributed by atoms with Gasteiger partial charge in [0.05, 0.1) is 0 Å². The Hall–Kier alpha value is -2.08. The maximum Gasteiger partial charge on any atom is 4.00 e. The van der Waals surface area contributed by atoms with Gasteiger partial charge in [0.1, 0.15) is 0 Å². The van der Waals surface area contributed by atoms with Crippen molar-refractivity contribution in [3.63, 3.8) is 0 Å². The molecule has 34 heavy (non-hydrogen) atoms. The van der Waals surface area contributed by atoms with Gasteiger partial charge in [0, 0.05) is 0 Å². The monoisotopic (exact) mass is 696 g/mol. The first-order valence-electron chi connectivity index (χ1n) is 8.46. The van der Waals surface area contributed by atoms with E-state index in [1.54, 1.807) is 0 Å². The zero-order chi connectivity index (χ0) is 28.6. The van der Waals surface area contributed by atoms with Crippen LogP contribution in [0.5, 0.6) is 0 Å². The third-order valence-corrected chi connectivity index (χ3v) is 0. The topological polar surface area (TPSA) is 184 Å². The summed E-state index contributed by atoms with van der Waals surface area (Å²) in [4.78, 5) is 0. The predicted octanol–water partition coefficient (Wildman–Crippen LogP) is -1.72. The van der Waals surface area contributed by atoms with Crippen molar-refractivity contribution in [1.29, 1.82) is 0 Å². The molecule has 0 heterocycles. The average molecular weight is 694 g/mol. The summed E-state index contributed by atoms with van der Waals surface area (Å²) < 4.78 is 0. The van der Waals surface area contributed by atoms with Crippen LogP contribution in [-0.2, 0) is 0 Å². The molecule has 0 saturated heterocycles. The van der Waals surface area contributed by atoms with Gasteiger partial charge in [0.2, 0.25) is 0 Å². The van der Waals surface area contributed by atoms with Gasteiger partial charge < -0.3 is 40.9 Å². The van der Waals surface area contributed by atoms with Gasteiger partial charge in [0.25, 0.3) is 0 Å². The van der Waals surface area contributed by atoms with Crippen molar-refractivity contribution in [1.82, 2.24) is 0 Å². The molecule has 0 aromatic rings. The van der Waals surface area contributed by atoms with Crippen LogP contribution in [0.2, 0.25) is 0 Å². The van der Waals surface area contributed by atoms with E-state index >= 15 is 0 Å². The van der Waals surface area contributed by atoms with E-state index in [4.69, 9.17) is 0 Å². The van der Waals surface area contributed by atoms with Crippen LogP contribution in [0.3, 0.4) is 0 Å². The summed E-state index contributed by atoms with van der Waals surface area (Å²) in [5.74, 6) is -0.667. The third kappa shape index (κ3) is 5770. The van der Waals surface area contributed by atoms with E-state index in [1.165, 1.54) is 55.4 Å². The minimum Gasteiger partial charge on any atom is -0.876 e. The van der Waals surface area contributed by atoms with E-state index in [9.17, 15) is 40.9 Å². The van der Waals surface area contributed by atoms with Crippen LogP contribution in [0.4, 0.5) is 0 Å². The van der Waals surface area contributed by atoms with Crippen molar-refractivity contribution in [2.45, 2.75) is 55.4 Å². The van der Waals surface area contributed by atoms with Gasteiger partial charge in [-0.2, -0.15) is 0 Å². The first-order valence-corrected chi connectivity index (χ1v) is 8.46. The third-order valence-electron chi connectivity index (χ3n) is 0. The summed E-state index contributed by atoms with van der Waals surface area (Å²) in [6.07, 6.45) is 0. The van der Waals surface area contributed by atoms with Gasteiger partial charge in [-0.05, 0) is 0 Å². The van der Waals surface area contributed by atoms with Crippen molar-refractivity contribution in [3.05, 3.63) is 98.7 Å². The van der Waals surface area contributed by atoms with Crippen molar-refractivity contribution < 1.29 is 40.9 Å². The minimum atomic E-state index is -0.0833. The quantitative estimate of drug-likeness (QED) is 0.212. The number of allylic oxidation sites excluding steroid dienone is 8. The van der Waals surface area contributed by atoms with Crippen molar-refractivity contribution in [2.75, 3.05) is 0 Å². The summed E-state index contributed by atoms with van der Waals surface area (Å²) in [7, 11) is 0. The number of hydrogen-bond acceptors (Lipinski definition) is 8. The van der Waals surface area contributed by atoms with Gasteiger partial charge in [-0.3, -0.25) is 0 Å². The summed E-state index contributed by atoms with van der Waals surface area (Å²) >= 11 is 0. The van der Waals surface area contributed by atoms with Crippen LogP contribution < -0.4 is 40.9 Å². The van der Waals surface area contributed by atoms with Gasteiger partial charge in [-0.15, -0.1) is 98.7 Å². The first-order chi connectivity index (χ1) is 13.9. The Balaban J connectivity index is -0.0000000240. The molecule has 0 aliphatic rings. The molecule has 0 radical (unpaired) electrons. The molecule has 0 saturated carbocycles. The molecule has 0 aliphatic carbocycles. The van der Waals surface area contributed by atoms with Gasteiger partial charge in [0.15, 0.2) is 0 Å². The van der Waals surface area contributed by atoms with Crippen LogP contribution in [-0.4, -0.2) is 47.8 Å². The summed E-state index contributed by atoms with van der Waals surface area (Å²) in [6.45, 7) is 35.3. The largest absolute Gasteiger partial charge is 4.00 e. The number of rotatable bonds is 0. The van der Waals surface area contributed by atoms with E-state index < -0.39 is 0 Å². The molecule has 0 aromatic carbocycles. The molecule has 0 N–H and O–H groups in total. The van der Waals surface area contributed by atoms with Crippen molar-refractivity contribution >= 4 is 47.8 Å². The second-order valence-electron chi connectivity index (χ2n) is 5.62. The molecule has 10 heteroatoms. The SMILES string of the molecule is C=C(C)[O-].C=C(C)[O-].C=C(C)[O-].C=C(C)[O-].C=C(C)[O-].C=C(C)[O-].C=C(C)[O-].C=C(C)[O-].[Sn+4].[Sn+4]. The van der Waals surface area contributed by atoms with Crippen LogP contribution in [0.1, 0.15) is 55.4 Å². The fraction of sp³-hybridized carbons (Fsp3) is 0.333. The maximum atomic E-state index is 9.33. The van der Waals surface area contributed by atoms with Crippen LogP contribution in [0, 0.1) is 0 Å². The molecule has 192 valence electrons. The van der Waals surface area contributed by atoms with Gasteiger partial charge >= 0.3 is 47.8 Å². The second kappa shape index (κ2) is 57.6. The average Bonchev–Trinajstić information content (AvgIpc) is 2.30. The Morgan fingerprint density at radius 2 is 0.265 bits per heavy atom. The smallest absolute Gasteiger partial charge is 0.876 e. The van der Waals surface area contributed by atoms with E-state index in [2.05, 4.69) is 52.6 Å². The molecule has 0 unspecified atom stereocenters. The van der Waals surface area contributed by atoms with E-state index in [1.807, 2.05) is 0 Å². The molecule has 8 nitrogen and oxygen atoms in total. The summed E-state index contributed by atoms with van der Waals surface area (Å²) in [5.41, 5.74) is 0. The minimum absolute atomic E-state index is 0. The molecular weight excluding hydrogens is 654 g/mol. The fourth-order valence-corrected chi connectivity index (χ4v) is 0. The fourth-order valence-electron chi connectivity index (χ4n) is 0. The molecule has 0 atom stereocenters. The molecule has 0 amide bonds. The summed E-state index contributed by atoms with van der Waals surface area (Å²) in [6, 6.07) is 0. The first kappa shape index (κ1) is 63.5. The molecule has 0 bridgehead atoms. The molecule has 0 rings (SSSR count). The van der Waals surface area contributed by atoms with E-state index in [0.717, 1.165) is 0 Å². The molecule has 0 fully saturated rings. The zero-order valence-electron chi connectivity index (χ0n) is 21.9. The van der Waals surface area contributed by atoms with Crippen LogP contribution in [0.15, 0.2) is 98.7 Å². The molecule has 0 aromatic heterocycles. The Morgan fingerprint density at radius 1 is 0.265 bits per heavy atom. The molecule has 0 aliphatic heterocycles. The van der Waals surface area contributed by atoms with Crippen molar-refractivity contribution in [2.24, 2.45) is 0 Å². The van der Waals surface area contributed by atoms with Gasteiger partial charge in [-0.25, -0.2) is 0 Å². The molecular formula is C24H40O8Sn2. The van der Waals surface area contributed by atoms with Crippen LogP contribution >= 0.6 is 0 Å². The maximum absolute atomic E-state index is 9.33. The predicted molar refractivity (Wildman–Crippen MR) is 130 cm³/mol. The Kier molecular flexibility index (Phi) is 108. The normalized spacial score (nSPS) is 5.88. The Morgan fingerprint density at radius 3 is 0.265 bits per heavy atom. The Labute approximate surface area is 241 Å². The number of hydrogen-bond donors (Lipinski definition) is 0. The standard InChI is InChI=1S/8C3H6O.2Sn/c8*1-3(2)4;;/h8*4H,1H2,2H3;;/q;;;;;;;;2*+4/p-8. The zero-order valence-corrected chi connectivity index (χ0v) is 27.6. The summed E-state index contributed by atoms with van der Waals surface area (Å²) in [5, 5.41) is 74.7. The van der Waals surface area contributed by atoms with Crippen LogP contribution in [0.25, 0.3) is 0 Å². The van der Waals surface area contributed by atoms with E-state index in [-0.39, 0.29) is 93.9 Å². The van der Waals surface area contributed by atoms with Gasteiger partial charge in [-0.1, -0.05) is 55.4 Å². The van der Waals surface area contributed by atoms with E-state index in [0.29, 0.717) is 0 Å². The second-order valence-corrected chi connectivity index (χ2v) is 5.62. The van der Waals surface area contributed by atoms with Crippen molar-refractivity contribution in [3.8, 4) is 0 Å². The Bertz CT molecular complexity index is 365.